The van der Waals surface area contributed by atoms with Gasteiger partial charge in [0.2, 0.25) is 0 Å². The largest absolute Gasteiger partial charge is 0.508 e. The number of aryl methyl sites for hydroxylation is 1. The molecule has 1 aliphatic rings. The van der Waals surface area contributed by atoms with Crippen molar-refractivity contribution >= 4 is 11.8 Å². The standard InChI is InChI=1S/C12H17NOS/c1-15-7-6-13-12-5-2-9-8-10(14)3-4-11(9)12/h3-4,8,12-14H,2,5-7H2,1H3. The Bertz CT molecular complexity index is 340. The van der Waals surface area contributed by atoms with E-state index >= 15 is 0 Å². The number of benzene rings is 1. The second-order valence-electron chi connectivity index (χ2n) is 3.92. The Morgan fingerprint density at radius 3 is 3.20 bits per heavy atom. The van der Waals surface area contributed by atoms with Crippen LogP contribution in [0.4, 0.5) is 0 Å². The van der Waals surface area contributed by atoms with Crippen LogP contribution in [-0.2, 0) is 6.42 Å². The molecule has 3 heteroatoms. The van der Waals surface area contributed by atoms with Crippen LogP contribution in [0.25, 0.3) is 0 Å². The molecule has 0 fully saturated rings. The van der Waals surface area contributed by atoms with Crippen LogP contribution in [0.15, 0.2) is 18.2 Å². The number of thioether (sulfide) groups is 1. The highest BCUT2D eigenvalue weighted by Crippen LogP contribution is 2.32. The van der Waals surface area contributed by atoms with E-state index in [1.807, 2.05) is 17.8 Å². The second kappa shape index (κ2) is 4.90. The fourth-order valence-electron chi connectivity index (χ4n) is 2.15. The van der Waals surface area contributed by atoms with Gasteiger partial charge in [-0.25, -0.2) is 0 Å². The number of phenolic OH excluding ortho intramolecular Hbond substituents is 1. The lowest BCUT2D eigenvalue weighted by Gasteiger charge is -2.13. The van der Waals surface area contributed by atoms with E-state index in [-0.39, 0.29) is 0 Å². The zero-order valence-corrected chi connectivity index (χ0v) is 9.81. The SMILES string of the molecule is CSCCNC1CCc2cc(O)ccc21. The van der Waals surface area contributed by atoms with Gasteiger partial charge in [-0.15, -0.1) is 0 Å². The van der Waals surface area contributed by atoms with E-state index in [9.17, 15) is 5.11 Å². The Balaban J connectivity index is 2.02. The Kier molecular flexibility index (Phi) is 3.54. The molecule has 1 unspecified atom stereocenters. The van der Waals surface area contributed by atoms with E-state index in [4.69, 9.17) is 0 Å². The molecule has 1 aliphatic carbocycles. The number of phenols is 1. The summed E-state index contributed by atoms with van der Waals surface area (Å²) in [5.41, 5.74) is 2.67. The van der Waals surface area contributed by atoms with Gasteiger partial charge in [-0.1, -0.05) is 6.07 Å². The van der Waals surface area contributed by atoms with Gasteiger partial charge in [0.1, 0.15) is 5.75 Å². The van der Waals surface area contributed by atoms with Gasteiger partial charge >= 0.3 is 0 Å². The summed E-state index contributed by atoms with van der Waals surface area (Å²) in [6.45, 7) is 1.06. The van der Waals surface area contributed by atoms with Crippen molar-refractivity contribution in [2.75, 3.05) is 18.6 Å². The summed E-state index contributed by atoms with van der Waals surface area (Å²) in [6, 6.07) is 6.22. The molecule has 1 atom stereocenters. The number of rotatable bonds is 4. The predicted octanol–water partition coefficient (Wildman–Crippen LogP) is 2.33. The molecule has 0 spiro atoms. The molecule has 2 rings (SSSR count). The molecule has 1 aromatic carbocycles. The monoisotopic (exact) mass is 223 g/mol. The molecule has 0 aliphatic heterocycles. The van der Waals surface area contributed by atoms with Crippen molar-refractivity contribution in [3.8, 4) is 5.75 Å². The molecule has 0 amide bonds. The summed E-state index contributed by atoms with van der Waals surface area (Å²) in [5, 5.41) is 12.9. The zero-order valence-electron chi connectivity index (χ0n) is 8.99. The maximum Gasteiger partial charge on any atom is 0.115 e. The highest BCUT2D eigenvalue weighted by atomic mass is 32.2. The Morgan fingerprint density at radius 2 is 2.40 bits per heavy atom. The molecular formula is C12H17NOS. The van der Waals surface area contributed by atoms with Gasteiger partial charge in [0, 0.05) is 18.3 Å². The van der Waals surface area contributed by atoms with Gasteiger partial charge < -0.3 is 10.4 Å². The van der Waals surface area contributed by atoms with Crippen molar-refractivity contribution in [3.63, 3.8) is 0 Å². The first-order valence-corrected chi connectivity index (χ1v) is 6.75. The van der Waals surface area contributed by atoms with Crippen LogP contribution in [0.2, 0.25) is 0 Å². The van der Waals surface area contributed by atoms with Crippen molar-refractivity contribution in [1.29, 1.82) is 0 Å². The van der Waals surface area contributed by atoms with E-state index < -0.39 is 0 Å². The topological polar surface area (TPSA) is 32.3 Å². The van der Waals surface area contributed by atoms with E-state index in [1.165, 1.54) is 11.1 Å². The van der Waals surface area contributed by atoms with Gasteiger partial charge in [0.15, 0.2) is 0 Å². The summed E-state index contributed by atoms with van der Waals surface area (Å²) in [5.74, 6) is 1.54. The molecule has 2 nitrogen and oxygen atoms in total. The van der Waals surface area contributed by atoms with Crippen molar-refractivity contribution < 1.29 is 5.11 Å². The zero-order chi connectivity index (χ0) is 10.7. The normalized spacial score (nSPS) is 19.1. The molecule has 0 saturated carbocycles. The van der Waals surface area contributed by atoms with Crippen molar-refractivity contribution in [2.45, 2.75) is 18.9 Å². The fraction of sp³-hybridized carbons (Fsp3) is 0.500. The van der Waals surface area contributed by atoms with Crippen molar-refractivity contribution in [2.24, 2.45) is 0 Å². The number of hydrogen-bond acceptors (Lipinski definition) is 3. The highest BCUT2D eigenvalue weighted by Gasteiger charge is 2.21. The summed E-state index contributed by atoms with van der Waals surface area (Å²) < 4.78 is 0. The maximum atomic E-state index is 9.37. The van der Waals surface area contributed by atoms with Gasteiger partial charge in [-0.3, -0.25) is 0 Å². The lowest BCUT2D eigenvalue weighted by molar-refractivity contribution is 0.474. The minimum Gasteiger partial charge on any atom is -0.508 e. The quantitative estimate of drug-likeness (QED) is 0.768. The maximum absolute atomic E-state index is 9.37. The van der Waals surface area contributed by atoms with Gasteiger partial charge in [-0.05, 0) is 42.4 Å². The fourth-order valence-corrected chi connectivity index (χ4v) is 2.47. The van der Waals surface area contributed by atoms with Gasteiger partial charge in [-0.2, -0.15) is 11.8 Å². The summed E-state index contributed by atoms with van der Waals surface area (Å²) >= 11 is 1.87. The van der Waals surface area contributed by atoms with Crippen LogP contribution in [-0.4, -0.2) is 23.7 Å². The molecule has 82 valence electrons. The van der Waals surface area contributed by atoms with E-state index in [0.717, 1.165) is 25.1 Å². The molecule has 0 bridgehead atoms. The molecular weight excluding hydrogens is 206 g/mol. The number of nitrogens with one attached hydrogen (secondary N) is 1. The van der Waals surface area contributed by atoms with Gasteiger partial charge in [0.05, 0.1) is 0 Å². The summed E-state index contributed by atoms with van der Waals surface area (Å²) in [4.78, 5) is 0. The summed E-state index contributed by atoms with van der Waals surface area (Å²) in [6.07, 6.45) is 4.37. The van der Waals surface area contributed by atoms with Crippen molar-refractivity contribution in [3.05, 3.63) is 29.3 Å². The van der Waals surface area contributed by atoms with Crippen LogP contribution in [0.5, 0.6) is 5.75 Å². The van der Waals surface area contributed by atoms with Crippen LogP contribution in [0.1, 0.15) is 23.6 Å². The molecule has 0 radical (unpaired) electrons. The average molecular weight is 223 g/mol. The first kappa shape index (κ1) is 10.8. The minimum absolute atomic E-state index is 0.388. The van der Waals surface area contributed by atoms with Crippen LogP contribution in [0, 0.1) is 0 Å². The lowest BCUT2D eigenvalue weighted by atomic mass is 10.1. The molecule has 0 aromatic heterocycles. The van der Waals surface area contributed by atoms with Crippen LogP contribution >= 0.6 is 11.8 Å². The smallest absolute Gasteiger partial charge is 0.115 e. The third-order valence-corrected chi connectivity index (χ3v) is 3.51. The van der Waals surface area contributed by atoms with Crippen molar-refractivity contribution in [1.82, 2.24) is 5.32 Å². The minimum atomic E-state index is 0.388. The molecule has 15 heavy (non-hydrogen) atoms. The number of hydrogen-bond donors (Lipinski definition) is 2. The highest BCUT2D eigenvalue weighted by molar-refractivity contribution is 7.98. The number of aromatic hydroxyl groups is 1. The first-order valence-electron chi connectivity index (χ1n) is 5.35. The first-order chi connectivity index (χ1) is 7.31. The lowest BCUT2D eigenvalue weighted by Crippen LogP contribution is -2.21. The number of fused-ring (bicyclic) bond motifs is 1. The molecule has 0 heterocycles. The van der Waals surface area contributed by atoms with Crippen LogP contribution in [0.3, 0.4) is 0 Å². The van der Waals surface area contributed by atoms with E-state index in [2.05, 4.69) is 17.6 Å². The third kappa shape index (κ3) is 2.47. The Labute approximate surface area is 95.1 Å². The van der Waals surface area contributed by atoms with Gasteiger partial charge in [0.25, 0.3) is 0 Å². The molecule has 2 N–H and O–H groups in total. The average Bonchev–Trinajstić information content (AvgIpc) is 2.61. The summed E-state index contributed by atoms with van der Waals surface area (Å²) in [7, 11) is 0. The van der Waals surface area contributed by atoms with E-state index in [0.29, 0.717) is 11.8 Å². The molecule has 1 aromatic rings. The third-order valence-electron chi connectivity index (χ3n) is 2.90. The predicted molar refractivity (Wildman–Crippen MR) is 65.6 cm³/mol. The van der Waals surface area contributed by atoms with E-state index in [1.54, 1.807) is 6.07 Å². The second-order valence-corrected chi connectivity index (χ2v) is 4.91. The Morgan fingerprint density at radius 1 is 1.53 bits per heavy atom. The van der Waals surface area contributed by atoms with Crippen LogP contribution < -0.4 is 5.32 Å². The molecule has 0 saturated heterocycles. The Hall–Kier alpha value is -0.670.